The van der Waals surface area contributed by atoms with Gasteiger partial charge in [0, 0.05) is 30.1 Å². The molecule has 7 heteroatoms. The number of aromatic nitrogens is 2. The molecule has 0 aliphatic carbocycles. The number of nitro benzene ring substituents is 1. The number of aryl methyl sites for hydroxylation is 1. The Labute approximate surface area is 102 Å². The molecule has 0 spiro atoms. The second-order valence-electron chi connectivity index (χ2n) is 3.71. The highest BCUT2D eigenvalue weighted by atomic mass is 16.6. The van der Waals surface area contributed by atoms with Crippen LogP contribution in [0.3, 0.4) is 0 Å². The number of amides is 1. The van der Waals surface area contributed by atoms with Gasteiger partial charge in [0.1, 0.15) is 0 Å². The first-order valence-electron chi connectivity index (χ1n) is 5.13. The number of carbonyl (C=O) groups is 1. The molecule has 0 unspecified atom stereocenters. The molecule has 1 heterocycles. The van der Waals surface area contributed by atoms with Crippen LogP contribution in [0.5, 0.6) is 0 Å². The minimum absolute atomic E-state index is 0.111. The van der Waals surface area contributed by atoms with Gasteiger partial charge in [-0.3, -0.25) is 20.2 Å². The van der Waals surface area contributed by atoms with Crippen LogP contribution in [-0.2, 0) is 0 Å². The van der Waals surface area contributed by atoms with Crippen molar-refractivity contribution >= 4 is 17.5 Å². The SMILES string of the molecule is Cc1cc(C(=O)Nc2ncc[nH]2)cc([N+](=O)[O-])c1. The summed E-state index contributed by atoms with van der Waals surface area (Å²) in [6.45, 7) is 1.69. The molecule has 2 N–H and O–H groups in total. The highest BCUT2D eigenvalue weighted by molar-refractivity contribution is 6.03. The maximum Gasteiger partial charge on any atom is 0.270 e. The first-order chi connectivity index (χ1) is 8.56. The molecule has 0 aliphatic heterocycles. The number of rotatable bonds is 3. The van der Waals surface area contributed by atoms with Crippen molar-refractivity contribution in [2.45, 2.75) is 6.92 Å². The second kappa shape index (κ2) is 4.66. The topological polar surface area (TPSA) is 101 Å². The zero-order valence-electron chi connectivity index (χ0n) is 9.51. The van der Waals surface area contributed by atoms with Gasteiger partial charge in [-0.15, -0.1) is 0 Å². The van der Waals surface area contributed by atoms with E-state index in [0.29, 0.717) is 11.5 Å². The number of nitrogens with zero attached hydrogens (tertiary/aromatic N) is 2. The molecule has 0 fully saturated rings. The number of benzene rings is 1. The van der Waals surface area contributed by atoms with Crippen LogP contribution in [0.1, 0.15) is 15.9 Å². The number of aromatic amines is 1. The smallest absolute Gasteiger partial charge is 0.270 e. The summed E-state index contributed by atoms with van der Waals surface area (Å²) >= 11 is 0. The molecule has 2 rings (SSSR count). The lowest BCUT2D eigenvalue weighted by Crippen LogP contribution is -2.13. The predicted octanol–water partition coefficient (Wildman–Crippen LogP) is 1.88. The van der Waals surface area contributed by atoms with Gasteiger partial charge in [-0.25, -0.2) is 4.98 Å². The Morgan fingerprint density at radius 1 is 1.44 bits per heavy atom. The van der Waals surface area contributed by atoms with Crippen LogP contribution in [0.25, 0.3) is 0 Å². The van der Waals surface area contributed by atoms with E-state index in [9.17, 15) is 14.9 Å². The Balaban J connectivity index is 2.27. The van der Waals surface area contributed by atoms with Crippen molar-refractivity contribution in [3.8, 4) is 0 Å². The zero-order chi connectivity index (χ0) is 13.1. The number of hydrogen-bond acceptors (Lipinski definition) is 4. The van der Waals surface area contributed by atoms with Crippen LogP contribution in [0.4, 0.5) is 11.6 Å². The third-order valence-electron chi connectivity index (χ3n) is 2.27. The van der Waals surface area contributed by atoms with E-state index in [1.54, 1.807) is 19.2 Å². The standard InChI is InChI=1S/C11H10N4O3/c1-7-4-8(6-9(5-7)15(17)18)10(16)14-11-12-2-3-13-11/h2-6H,1H3,(H2,12,13,14,16). The maximum atomic E-state index is 11.8. The molecule has 0 saturated heterocycles. The monoisotopic (exact) mass is 246 g/mol. The van der Waals surface area contributed by atoms with E-state index < -0.39 is 10.8 Å². The molecule has 0 bridgehead atoms. The van der Waals surface area contributed by atoms with E-state index in [4.69, 9.17) is 0 Å². The lowest BCUT2D eigenvalue weighted by atomic mass is 10.1. The molecule has 0 atom stereocenters. The summed E-state index contributed by atoms with van der Waals surface area (Å²) in [7, 11) is 0. The van der Waals surface area contributed by atoms with Gasteiger partial charge in [0.05, 0.1) is 4.92 Å². The van der Waals surface area contributed by atoms with Gasteiger partial charge in [0.15, 0.2) is 0 Å². The average Bonchev–Trinajstić information content (AvgIpc) is 2.80. The molecule has 0 aliphatic rings. The summed E-state index contributed by atoms with van der Waals surface area (Å²) in [5.41, 5.74) is 0.756. The number of carbonyl (C=O) groups excluding carboxylic acids is 1. The minimum atomic E-state index is -0.531. The number of H-pyrrole nitrogens is 1. The fraction of sp³-hybridized carbons (Fsp3) is 0.0909. The fourth-order valence-corrected chi connectivity index (χ4v) is 1.51. The van der Waals surface area contributed by atoms with E-state index in [0.717, 1.165) is 0 Å². The first-order valence-corrected chi connectivity index (χ1v) is 5.13. The number of nitrogens with one attached hydrogen (secondary N) is 2. The summed E-state index contributed by atoms with van der Waals surface area (Å²) < 4.78 is 0. The summed E-state index contributed by atoms with van der Waals surface area (Å²) in [6.07, 6.45) is 3.06. The van der Waals surface area contributed by atoms with E-state index >= 15 is 0 Å². The van der Waals surface area contributed by atoms with Crippen LogP contribution in [0.15, 0.2) is 30.6 Å². The quantitative estimate of drug-likeness (QED) is 0.637. The number of hydrogen-bond donors (Lipinski definition) is 2. The molecule has 1 aromatic heterocycles. The van der Waals surface area contributed by atoms with E-state index in [1.807, 2.05) is 0 Å². The molecule has 0 saturated carbocycles. The molecule has 1 amide bonds. The number of anilines is 1. The van der Waals surface area contributed by atoms with Gasteiger partial charge in [0.25, 0.3) is 11.6 Å². The van der Waals surface area contributed by atoms with E-state index in [-0.39, 0.29) is 11.3 Å². The van der Waals surface area contributed by atoms with Crippen molar-refractivity contribution in [3.05, 3.63) is 51.8 Å². The van der Waals surface area contributed by atoms with Crippen molar-refractivity contribution in [2.75, 3.05) is 5.32 Å². The Morgan fingerprint density at radius 2 is 2.22 bits per heavy atom. The third kappa shape index (κ3) is 2.51. The van der Waals surface area contributed by atoms with Crippen molar-refractivity contribution in [2.24, 2.45) is 0 Å². The number of nitro groups is 1. The van der Waals surface area contributed by atoms with Gasteiger partial charge in [-0.2, -0.15) is 0 Å². The fourth-order valence-electron chi connectivity index (χ4n) is 1.51. The van der Waals surface area contributed by atoms with Crippen LogP contribution >= 0.6 is 0 Å². The third-order valence-corrected chi connectivity index (χ3v) is 2.27. The van der Waals surface area contributed by atoms with Crippen molar-refractivity contribution in [3.63, 3.8) is 0 Å². The molecular weight excluding hydrogens is 236 g/mol. The van der Waals surface area contributed by atoms with Crippen LogP contribution in [0, 0.1) is 17.0 Å². The molecular formula is C11H10N4O3. The average molecular weight is 246 g/mol. The van der Waals surface area contributed by atoms with Gasteiger partial charge < -0.3 is 4.98 Å². The summed E-state index contributed by atoms with van der Waals surface area (Å²) in [6, 6.07) is 4.21. The van der Waals surface area contributed by atoms with E-state index in [1.165, 1.54) is 18.3 Å². The second-order valence-corrected chi connectivity index (χ2v) is 3.71. The molecule has 0 radical (unpaired) electrons. The van der Waals surface area contributed by atoms with Gasteiger partial charge in [-0.1, -0.05) is 0 Å². The number of non-ortho nitro benzene ring substituents is 1. The van der Waals surface area contributed by atoms with E-state index in [2.05, 4.69) is 15.3 Å². The maximum absolute atomic E-state index is 11.8. The Kier molecular flexibility index (Phi) is 3.05. The number of imidazole rings is 1. The van der Waals surface area contributed by atoms with Crippen molar-refractivity contribution in [1.29, 1.82) is 0 Å². The normalized spacial score (nSPS) is 10.1. The predicted molar refractivity (Wildman–Crippen MR) is 64.4 cm³/mol. The Hall–Kier alpha value is -2.70. The minimum Gasteiger partial charge on any atom is -0.331 e. The molecule has 2 aromatic rings. The van der Waals surface area contributed by atoms with Crippen LogP contribution in [-0.4, -0.2) is 20.8 Å². The molecule has 1 aromatic carbocycles. The lowest BCUT2D eigenvalue weighted by Gasteiger charge is -2.03. The van der Waals surface area contributed by atoms with Crippen LogP contribution in [0.2, 0.25) is 0 Å². The highest BCUT2D eigenvalue weighted by Gasteiger charge is 2.13. The summed E-state index contributed by atoms with van der Waals surface area (Å²) in [5, 5.41) is 13.2. The Morgan fingerprint density at radius 3 is 2.83 bits per heavy atom. The highest BCUT2D eigenvalue weighted by Crippen LogP contribution is 2.17. The zero-order valence-corrected chi connectivity index (χ0v) is 9.51. The lowest BCUT2D eigenvalue weighted by molar-refractivity contribution is -0.384. The van der Waals surface area contributed by atoms with Crippen molar-refractivity contribution in [1.82, 2.24) is 9.97 Å². The summed E-state index contributed by atoms with van der Waals surface area (Å²) in [5.74, 6) is -0.152. The first kappa shape index (κ1) is 11.8. The Bertz CT molecular complexity index is 592. The van der Waals surface area contributed by atoms with Crippen LogP contribution < -0.4 is 5.32 Å². The van der Waals surface area contributed by atoms with Crippen molar-refractivity contribution < 1.29 is 9.72 Å². The van der Waals surface area contributed by atoms with Gasteiger partial charge in [0.2, 0.25) is 5.95 Å². The summed E-state index contributed by atoms with van der Waals surface area (Å²) in [4.78, 5) is 28.6. The largest absolute Gasteiger partial charge is 0.331 e. The van der Waals surface area contributed by atoms with Gasteiger partial charge >= 0.3 is 0 Å². The molecule has 18 heavy (non-hydrogen) atoms. The molecule has 92 valence electrons. The van der Waals surface area contributed by atoms with Gasteiger partial charge in [-0.05, 0) is 18.6 Å². The molecule has 7 nitrogen and oxygen atoms in total.